The largest absolute Gasteiger partial charge is 0.444 e. The first-order chi connectivity index (χ1) is 20.7. The van der Waals surface area contributed by atoms with Gasteiger partial charge in [-0.3, -0.25) is 8.98 Å². The van der Waals surface area contributed by atoms with Crippen LogP contribution in [0.3, 0.4) is 0 Å². The zero-order valence-corrected chi connectivity index (χ0v) is 26.7. The number of alkyl carbamates (subject to hydrolysis) is 1. The Morgan fingerprint density at radius 2 is 1.68 bits per heavy atom. The second kappa shape index (κ2) is 15.3. The van der Waals surface area contributed by atoms with Crippen LogP contribution in [0, 0.1) is 18.7 Å². The molecular weight excluding hydrogens is 609 g/mol. The molecule has 8 nitrogen and oxygen atoms in total. The molecule has 0 aliphatic heterocycles. The lowest BCUT2D eigenvalue weighted by Gasteiger charge is -2.25. The molecule has 2 unspecified atom stereocenters. The summed E-state index contributed by atoms with van der Waals surface area (Å²) in [7, 11) is -4.14. The van der Waals surface area contributed by atoms with Crippen molar-refractivity contribution in [2.45, 2.75) is 63.5 Å². The Labute approximate surface area is 263 Å². The molecule has 11 heteroatoms. The molecule has 0 aliphatic carbocycles. The van der Waals surface area contributed by atoms with E-state index in [0.717, 1.165) is 17.4 Å². The third-order valence-electron chi connectivity index (χ3n) is 6.53. The van der Waals surface area contributed by atoms with Crippen LogP contribution in [-0.4, -0.2) is 38.7 Å². The number of esters is 1. The molecule has 0 aliphatic rings. The van der Waals surface area contributed by atoms with Crippen molar-refractivity contribution in [2.24, 2.45) is 5.92 Å². The normalized spacial score (nSPS) is 13.0. The minimum Gasteiger partial charge on any atom is -0.444 e. The summed E-state index contributed by atoms with van der Waals surface area (Å²) in [5.41, 5.74) is 1.94. The third kappa shape index (κ3) is 10.8. The van der Waals surface area contributed by atoms with Crippen molar-refractivity contribution in [3.05, 3.63) is 102 Å². The van der Waals surface area contributed by atoms with Gasteiger partial charge in [0, 0.05) is 16.6 Å². The first-order valence-electron chi connectivity index (χ1n) is 14.0. The molecule has 1 N–H and O–H groups in total. The van der Waals surface area contributed by atoms with Crippen molar-refractivity contribution in [1.82, 2.24) is 5.32 Å². The zero-order valence-electron chi connectivity index (χ0n) is 25.1. The van der Waals surface area contributed by atoms with Crippen molar-refractivity contribution in [1.29, 1.82) is 0 Å². The summed E-state index contributed by atoms with van der Waals surface area (Å²) in [6.45, 7) is 9.98. The number of ether oxygens (including phenoxy) is 2. The molecule has 44 heavy (non-hydrogen) atoms. The summed E-state index contributed by atoms with van der Waals surface area (Å²) in [6, 6.07) is 17.1. The fourth-order valence-electron chi connectivity index (χ4n) is 4.32. The molecule has 3 aromatic carbocycles. The number of amides is 1. The SMILES string of the molecule is C=COC(=O)C(CCC(Cc1ccc(-c2cc(Cl)ccc2F)cc1)NC(=O)OC(C)(C)C)COS(=O)(=O)c1ccc(C)cc1. The summed E-state index contributed by atoms with van der Waals surface area (Å²) in [6.07, 6.45) is 1.01. The van der Waals surface area contributed by atoms with Crippen LogP contribution in [-0.2, 0) is 35.0 Å². The van der Waals surface area contributed by atoms with Gasteiger partial charge in [0.1, 0.15) is 11.4 Å². The molecule has 0 saturated heterocycles. The Morgan fingerprint density at radius 3 is 2.30 bits per heavy atom. The molecule has 0 spiro atoms. The maximum absolute atomic E-state index is 14.4. The zero-order chi connectivity index (χ0) is 32.5. The number of rotatable bonds is 13. The summed E-state index contributed by atoms with van der Waals surface area (Å²) in [5.74, 6) is -2.11. The maximum Gasteiger partial charge on any atom is 0.407 e. The van der Waals surface area contributed by atoms with Gasteiger partial charge in [0.25, 0.3) is 10.1 Å². The van der Waals surface area contributed by atoms with Crippen LogP contribution in [0.1, 0.15) is 44.7 Å². The molecule has 0 fully saturated rings. The van der Waals surface area contributed by atoms with Gasteiger partial charge in [-0.05, 0) is 88.4 Å². The number of nitrogens with one attached hydrogen (secondary N) is 1. The average molecular weight is 646 g/mol. The Hall–Kier alpha value is -3.73. The van der Waals surface area contributed by atoms with Gasteiger partial charge in [-0.1, -0.05) is 60.1 Å². The van der Waals surface area contributed by atoms with Crippen LogP contribution in [0.15, 0.2) is 84.5 Å². The topological polar surface area (TPSA) is 108 Å². The molecule has 0 heterocycles. The standard InChI is InChI=1S/C33H37ClFNO7S/c1-6-41-31(37)25(21-42-44(39,40)28-16-7-22(2)8-17-28)13-15-27(36-32(38)43-33(3,4)5)19-23-9-11-24(12-10-23)29-20-26(34)14-18-30(29)35/h6-12,14,16-18,20,25,27H,1,13,15,19,21H2,2-5H3,(H,36,38). The van der Waals surface area contributed by atoms with Crippen molar-refractivity contribution >= 4 is 33.8 Å². The van der Waals surface area contributed by atoms with Crippen LogP contribution in [0.2, 0.25) is 5.02 Å². The highest BCUT2D eigenvalue weighted by molar-refractivity contribution is 7.86. The summed E-state index contributed by atoms with van der Waals surface area (Å²) in [4.78, 5) is 25.4. The van der Waals surface area contributed by atoms with Gasteiger partial charge in [-0.25, -0.2) is 9.18 Å². The highest BCUT2D eigenvalue weighted by atomic mass is 35.5. The Morgan fingerprint density at radius 1 is 1.02 bits per heavy atom. The summed E-state index contributed by atoms with van der Waals surface area (Å²) >= 11 is 6.05. The fourth-order valence-corrected chi connectivity index (χ4v) is 5.44. The van der Waals surface area contributed by atoms with E-state index in [1.54, 1.807) is 63.2 Å². The lowest BCUT2D eigenvalue weighted by molar-refractivity contribution is -0.144. The number of aryl methyl sites for hydroxylation is 1. The van der Waals surface area contributed by atoms with E-state index in [0.29, 0.717) is 22.6 Å². The Balaban J connectivity index is 1.77. The molecule has 0 aromatic heterocycles. The molecule has 3 rings (SSSR count). The van der Waals surface area contributed by atoms with Crippen molar-refractivity contribution in [2.75, 3.05) is 6.61 Å². The van der Waals surface area contributed by atoms with Crippen LogP contribution >= 0.6 is 11.6 Å². The summed E-state index contributed by atoms with van der Waals surface area (Å²) in [5, 5.41) is 3.25. The molecule has 1 amide bonds. The number of carbonyl (C=O) groups is 2. The van der Waals surface area contributed by atoms with Gasteiger partial charge in [0.05, 0.1) is 23.7 Å². The number of hydrogen-bond donors (Lipinski definition) is 1. The first kappa shape index (κ1) is 34.8. The van der Waals surface area contributed by atoms with E-state index in [9.17, 15) is 22.4 Å². The molecule has 0 radical (unpaired) electrons. The van der Waals surface area contributed by atoms with E-state index in [4.69, 9.17) is 25.3 Å². The van der Waals surface area contributed by atoms with E-state index in [1.165, 1.54) is 24.3 Å². The lowest BCUT2D eigenvalue weighted by atomic mass is 9.95. The number of hydrogen-bond acceptors (Lipinski definition) is 7. The second-order valence-electron chi connectivity index (χ2n) is 11.3. The van der Waals surface area contributed by atoms with E-state index in [2.05, 4.69) is 11.9 Å². The molecule has 3 aromatic rings. The molecule has 0 saturated carbocycles. The maximum atomic E-state index is 14.4. The first-order valence-corrected chi connectivity index (χ1v) is 15.8. The van der Waals surface area contributed by atoms with Crippen LogP contribution in [0.5, 0.6) is 0 Å². The van der Waals surface area contributed by atoms with Gasteiger partial charge in [0.2, 0.25) is 0 Å². The second-order valence-corrected chi connectivity index (χ2v) is 13.3. The molecule has 2 atom stereocenters. The Kier molecular flexibility index (Phi) is 12.1. The van der Waals surface area contributed by atoms with Crippen LogP contribution < -0.4 is 5.32 Å². The average Bonchev–Trinajstić information content (AvgIpc) is 2.94. The van der Waals surface area contributed by atoms with E-state index in [-0.39, 0.29) is 17.7 Å². The minimum atomic E-state index is -4.14. The predicted octanol–water partition coefficient (Wildman–Crippen LogP) is 7.38. The lowest BCUT2D eigenvalue weighted by Crippen LogP contribution is -2.41. The van der Waals surface area contributed by atoms with E-state index < -0.39 is 52.2 Å². The van der Waals surface area contributed by atoms with Gasteiger partial charge in [-0.2, -0.15) is 8.42 Å². The van der Waals surface area contributed by atoms with Crippen molar-refractivity contribution in [3.8, 4) is 11.1 Å². The smallest absolute Gasteiger partial charge is 0.407 e. The number of halogens is 2. The molecule has 236 valence electrons. The quantitative estimate of drug-likeness (QED) is 0.117. The predicted molar refractivity (Wildman–Crippen MR) is 167 cm³/mol. The van der Waals surface area contributed by atoms with Crippen LogP contribution in [0.4, 0.5) is 9.18 Å². The molecule has 0 bridgehead atoms. The number of benzene rings is 3. The Bertz CT molecular complexity index is 1550. The van der Waals surface area contributed by atoms with Crippen molar-refractivity contribution in [3.63, 3.8) is 0 Å². The van der Waals surface area contributed by atoms with E-state index >= 15 is 0 Å². The minimum absolute atomic E-state index is 0.0375. The monoisotopic (exact) mass is 645 g/mol. The van der Waals surface area contributed by atoms with Gasteiger partial charge >= 0.3 is 12.1 Å². The summed E-state index contributed by atoms with van der Waals surface area (Å²) < 4.78 is 55.5. The molecular formula is C33H37ClFNO7S. The number of carbonyl (C=O) groups excluding carboxylic acids is 2. The highest BCUT2D eigenvalue weighted by Gasteiger charge is 2.27. The van der Waals surface area contributed by atoms with Gasteiger partial charge in [-0.15, -0.1) is 0 Å². The van der Waals surface area contributed by atoms with Crippen LogP contribution in [0.25, 0.3) is 11.1 Å². The fraction of sp³-hybridized carbons (Fsp3) is 0.333. The van der Waals surface area contributed by atoms with Gasteiger partial charge < -0.3 is 14.8 Å². The van der Waals surface area contributed by atoms with Crippen molar-refractivity contribution < 1.29 is 36.1 Å². The third-order valence-corrected chi connectivity index (χ3v) is 8.06. The highest BCUT2D eigenvalue weighted by Crippen LogP contribution is 2.27. The van der Waals surface area contributed by atoms with E-state index in [1.807, 2.05) is 6.92 Å². The van der Waals surface area contributed by atoms with Gasteiger partial charge in [0.15, 0.2) is 0 Å².